The van der Waals surface area contributed by atoms with Crippen molar-refractivity contribution in [1.29, 1.82) is 0 Å². The fourth-order valence-corrected chi connectivity index (χ4v) is 1.89. The summed E-state index contributed by atoms with van der Waals surface area (Å²) in [6.45, 7) is 0.0760. The number of rotatable bonds is 4. The smallest absolute Gasteiger partial charge is 0.173 e. The van der Waals surface area contributed by atoms with Crippen LogP contribution < -0.4 is 0 Å². The molecular formula is C8H16O4. The zero-order valence-electron chi connectivity index (χ0n) is 7.49. The van der Waals surface area contributed by atoms with Gasteiger partial charge in [-0.3, -0.25) is 0 Å². The van der Waals surface area contributed by atoms with Gasteiger partial charge in [0, 0.05) is 33.2 Å². The Kier molecular flexibility index (Phi) is 3.06. The Labute approximate surface area is 72.1 Å². The van der Waals surface area contributed by atoms with Gasteiger partial charge in [0.2, 0.25) is 0 Å². The summed E-state index contributed by atoms with van der Waals surface area (Å²) in [5.41, 5.74) is 0. The number of aliphatic hydroxyl groups excluding tert-OH is 2. The first-order chi connectivity index (χ1) is 5.74. The largest absolute Gasteiger partial charge is 0.396 e. The minimum atomic E-state index is -0.665. The molecule has 0 saturated heterocycles. The third-order valence-corrected chi connectivity index (χ3v) is 2.80. The summed E-state index contributed by atoms with van der Waals surface area (Å²) in [6, 6.07) is 0. The van der Waals surface area contributed by atoms with Crippen molar-refractivity contribution in [3.05, 3.63) is 0 Å². The fourth-order valence-electron chi connectivity index (χ4n) is 1.89. The van der Waals surface area contributed by atoms with E-state index in [0.29, 0.717) is 6.42 Å². The summed E-state index contributed by atoms with van der Waals surface area (Å²) in [4.78, 5) is 0. The van der Waals surface area contributed by atoms with Crippen LogP contribution in [0.1, 0.15) is 6.42 Å². The summed E-state index contributed by atoms with van der Waals surface area (Å²) in [7, 11) is 3.11. The number of hydrogen-bond acceptors (Lipinski definition) is 4. The highest BCUT2D eigenvalue weighted by Gasteiger charge is 2.54. The van der Waals surface area contributed by atoms with Gasteiger partial charge in [-0.2, -0.15) is 0 Å². The molecule has 2 N–H and O–H groups in total. The molecule has 0 aromatic heterocycles. The molecule has 1 aliphatic carbocycles. The average molecular weight is 176 g/mol. The SMILES string of the molecule is COC1(OC)C[C@H](CO)C1CO. The number of aliphatic hydroxyl groups is 2. The van der Waals surface area contributed by atoms with Crippen LogP contribution in [-0.2, 0) is 9.47 Å². The van der Waals surface area contributed by atoms with Crippen molar-refractivity contribution in [2.75, 3.05) is 27.4 Å². The van der Waals surface area contributed by atoms with E-state index >= 15 is 0 Å². The summed E-state index contributed by atoms with van der Waals surface area (Å²) >= 11 is 0. The highest BCUT2D eigenvalue weighted by molar-refractivity contribution is 4.96. The normalized spacial score (nSPS) is 33.0. The lowest BCUT2D eigenvalue weighted by Crippen LogP contribution is -2.59. The van der Waals surface area contributed by atoms with E-state index in [0.717, 1.165) is 0 Å². The van der Waals surface area contributed by atoms with E-state index < -0.39 is 5.79 Å². The van der Waals surface area contributed by atoms with Crippen LogP contribution in [0.4, 0.5) is 0 Å². The molecular weight excluding hydrogens is 160 g/mol. The summed E-state index contributed by atoms with van der Waals surface area (Å²) in [5.74, 6) is -0.658. The van der Waals surface area contributed by atoms with E-state index in [1.165, 1.54) is 0 Å². The molecule has 0 aromatic rings. The van der Waals surface area contributed by atoms with E-state index in [9.17, 15) is 0 Å². The maximum absolute atomic E-state index is 9.01. The maximum Gasteiger partial charge on any atom is 0.173 e. The van der Waals surface area contributed by atoms with Crippen molar-refractivity contribution in [3.8, 4) is 0 Å². The van der Waals surface area contributed by atoms with E-state index in [1.807, 2.05) is 0 Å². The highest BCUT2D eigenvalue weighted by atomic mass is 16.7. The van der Waals surface area contributed by atoms with Gasteiger partial charge in [-0.25, -0.2) is 0 Å². The van der Waals surface area contributed by atoms with Crippen LogP contribution in [0, 0.1) is 11.8 Å². The van der Waals surface area contributed by atoms with Gasteiger partial charge < -0.3 is 19.7 Å². The predicted molar refractivity (Wildman–Crippen MR) is 42.5 cm³/mol. The molecule has 1 unspecified atom stereocenters. The highest BCUT2D eigenvalue weighted by Crippen LogP contribution is 2.46. The molecule has 2 atom stereocenters. The van der Waals surface area contributed by atoms with Gasteiger partial charge in [-0.1, -0.05) is 0 Å². The molecule has 0 amide bonds. The van der Waals surface area contributed by atoms with Crippen molar-refractivity contribution in [2.24, 2.45) is 11.8 Å². The van der Waals surface area contributed by atoms with Crippen LogP contribution in [0.5, 0.6) is 0 Å². The molecule has 0 spiro atoms. The van der Waals surface area contributed by atoms with Crippen LogP contribution in [0.25, 0.3) is 0 Å². The lowest BCUT2D eigenvalue weighted by molar-refractivity contribution is -0.319. The van der Waals surface area contributed by atoms with Crippen LogP contribution in [0.15, 0.2) is 0 Å². The van der Waals surface area contributed by atoms with Crippen LogP contribution in [0.2, 0.25) is 0 Å². The van der Waals surface area contributed by atoms with E-state index in [2.05, 4.69) is 0 Å². The van der Waals surface area contributed by atoms with Crippen molar-refractivity contribution in [3.63, 3.8) is 0 Å². The molecule has 4 nitrogen and oxygen atoms in total. The van der Waals surface area contributed by atoms with E-state index in [-0.39, 0.29) is 25.0 Å². The first-order valence-corrected chi connectivity index (χ1v) is 4.06. The second-order valence-electron chi connectivity index (χ2n) is 3.16. The molecule has 1 fully saturated rings. The number of ether oxygens (including phenoxy) is 2. The number of hydrogen-bond donors (Lipinski definition) is 2. The predicted octanol–water partition coefficient (Wildman–Crippen LogP) is -0.404. The van der Waals surface area contributed by atoms with Crippen molar-refractivity contribution in [2.45, 2.75) is 12.2 Å². The first kappa shape index (κ1) is 9.92. The second-order valence-corrected chi connectivity index (χ2v) is 3.16. The van der Waals surface area contributed by atoms with Gasteiger partial charge in [-0.05, 0) is 5.92 Å². The lowest BCUT2D eigenvalue weighted by Gasteiger charge is -2.51. The van der Waals surface area contributed by atoms with Crippen LogP contribution in [0.3, 0.4) is 0 Å². The average Bonchev–Trinajstić information content (AvgIpc) is 2.07. The first-order valence-electron chi connectivity index (χ1n) is 4.06. The molecule has 12 heavy (non-hydrogen) atoms. The Morgan fingerprint density at radius 3 is 2.17 bits per heavy atom. The minimum absolute atomic E-state index is 0.00704. The minimum Gasteiger partial charge on any atom is -0.396 e. The van der Waals surface area contributed by atoms with Gasteiger partial charge in [0.15, 0.2) is 5.79 Å². The zero-order chi connectivity index (χ0) is 9.19. The molecule has 0 aliphatic heterocycles. The molecule has 4 heteroatoms. The molecule has 1 saturated carbocycles. The molecule has 0 radical (unpaired) electrons. The van der Waals surface area contributed by atoms with Crippen molar-refractivity contribution < 1.29 is 19.7 Å². The summed E-state index contributed by atoms with van der Waals surface area (Å²) in [6.07, 6.45) is 0.654. The van der Waals surface area contributed by atoms with Gasteiger partial charge in [0.1, 0.15) is 0 Å². The Morgan fingerprint density at radius 1 is 1.25 bits per heavy atom. The lowest BCUT2D eigenvalue weighted by atomic mass is 9.68. The molecule has 1 aliphatic rings. The van der Waals surface area contributed by atoms with Gasteiger partial charge in [0.25, 0.3) is 0 Å². The van der Waals surface area contributed by atoms with Gasteiger partial charge in [0.05, 0.1) is 6.61 Å². The Balaban J connectivity index is 2.58. The zero-order valence-corrected chi connectivity index (χ0v) is 7.49. The van der Waals surface area contributed by atoms with E-state index in [4.69, 9.17) is 19.7 Å². The monoisotopic (exact) mass is 176 g/mol. The quantitative estimate of drug-likeness (QED) is 0.572. The van der Waals surface area contributed by atoms with Crippen LogP contribution in [-0.4, -0.2) is 43.4 Å². The third-order valence-electron chi connectivity index (χ3n) is 2.80. The van der Waals surface area contributed by atoms with Crippen molar-refractivity contribution >= 4 is 0 Å². The number of methoxy groups -OCH3 is 2. The Hall–Kier alpha value is -0.160. The fraction of sp³-hybridized carbons (Fsp3) is 1.00. The third kappa shape index (κ3) is 1.25. The molecule has 0 aromatic carbocycles. The second kappa shape index (κ2) is 3.70. The molecule has 0 heterocycles. The van der Waals surface area contributed by atoms with Crippen LogP contribution >= 0.6 is 0 Å². The Bertz CT molecular complexity index is 144. The molecule has 1 rings (SSSR count). The van der Waals surface area contributed by atoms with E-state index in [1.54, 1.807) is 14.2 Å². The molecule has 72 valence electrons. The Morgan fingerprint density at radius 2 is 1.83 bits per heavy atom. The van der Waals surface area contributed by atoms with Crippen molar-refractivity contribution in [1.82, 2.24) is 0 Å². The standard InChI is InChI=1S/C8H16O4/c1-11-8(12-2)3-6(4-9)7(8)5-10/h6-7,9-10H,3-5H2,1-2H3/t6-,7?/m1/s1. The topological polar surface area (TPSA) is 58.9 Å². The maximum atomic E-state index is 9.01. The summed E-state index contributed by atoms with van der Waals surface area (Å²) < 4.78 is 10.3. The van der Waals surface area contributed by atoms with Gasteiger partial charge in [-0.15, -0.1) is 0 Å². The van der Waals surface area contributed by atoms with Gasteiger partial charge >= 0.3 is 0 Å². The molecule has 0 bridgehead atoms. The summed E-state index contributed by atoms with van der Waals surface area (Å²) in [5, 5.41) is 17.9.